The number of hydrogen-bond donors (Lipinski definition) is 2. The van der Waals surface area contributed by atoms with E-state index in [4.69, 9.17) is 5.73 Å². The lowest BCUT2D eigenvalue weighted by Crippen LogP contribution is -2.26. The number of nitrogens with zero attached hydrogens (tertiary/aromatic N) is 1. The Morgan fingerprint density at radius 3 is 2.72 bits per heavy atom. The quantitative estimate of drug-likeness (QED) is 0.683. The Hall–Kier alpha value is -0.470. The molecule has 0 amide bonds. The van der Waals surface area contributed by atoms with Gasteiger partial charge in [0, 0.05) is 11.4 Å². The van der Waals surface area contributed by atoms with Crippen molar-refractivity contribution in [1.29, 1.82) is 0 Å². The average Bonchev–Trinajstić information content (AvgIpc) is 2.74. The van der Waals surface area contributed by atoms with Gasteiger partial charge >= 0.3 is 0 Å². The highest BCUT2D eigenvalue weighted by Gasteiger charge is 2.15. The molecule has 0 atom stereocenters. The monoisotopic (exact) mass is 291 g/mol. The van der Waals surface area contributed by atoms with Crippen LogP contribution in [0.5, 0.6) is 0 Å². The Morgan fingerprint density at radius 1 is 1.39 bits per heavy atom. The van der Waals surface area contributed by atoms with Crippen LogP contribution in [0.25, 0.3) is 0 Å². The Morgan fingerprint density at radius 2 is 2.11 bits per heavy atom. The van der Waals surface area contributed by atoms with Crippen LogP contribution < -0.4 is 10.5 Å². The zero-order valence-electron chi connectivity index (χ0n) is 10.8. The number of nitrogens with two attached hydrogens (primary N) is 1. The third-order valence-corrected chi connectivity index (χ3v) is 5.46. The molecule has 0 saturated carbocycles. The fraction of sp³-hybridized carbons (Fsp3) is 0.636. The van der Waals surface area contributed by atoms with Gasteiger partial charge < -0.3 is 10.6 Å². The molecule has 18 heavy (non-hydrogen) atoms. The van der Waals surface area contributed by atoms with Gasteiger partial charge in [0.15, 0.2) is 0 Å². The van der Waals surface area contributed by atoms with E-state index in [2.05, 4.69) is 4.72 Å². The largest absolute Gasteiger partial charge is 0.330 e. The zero-order chi connectivity index (χ0) is 13.6. The maximum absolute atomic E-state index is 11.9. The van der Waals surface area contributed by atoms with Crippen molar-refractivity contribution in [3.8, 4) is 0 Å². The smallest absolute Gasteiger partial charge is 0.250 e. The molecule has 1 aromatic rings. The molecule has 0 aliphatic rings. The van der Waals surface area contributed by atoms with Crippen LogP contribution in [-0.2, 0) is 16.4 Å². The maximum atomic E-state index is 11.9. The van der Waals surface area contributed by atoms with Crippen LogP contribution >= 0.6 is 11.3 Å². The fourth-order valence-corrected chi connectivity index (χ4v) is 3.94. The molecule has 1 aromatic heterocycles. The minimum Gasteiger partial charge on any atom is -0.330 e. The van der Waals surface area contributed by atoms with E-state index in [0.717, 1.165) is 24.3 Å². The predicted molar refractivity (Wildman–Crippen MR) is 75.4 cm³/mol. The summed E-state index contributed by atoms with van der Waals surface area (Å²) >= 11 is 1.29. The average molecular weight is 291 g/mol. The van der Waals surface area contributed by atoms with E-state index >= 15 is 0 Å². The normalized spacial score (nSPS) is 12.2. The second-order valence-electron chi connectivity index (χ2n) is 4.31. The summed E-state index contributed by atoms with van der Waals surface area (Å²) in [6, 6.07) is 3.47. The number of nitrogens with one attached hydrogen (secondary N) is 1. The predicted octanol–water partition coefficient (Wildman–Crippen LogP) is 0.479. The van der Waals surface area contributed by atoms with Gasteiger partial charge in [0.2, 0.25) is 10.0 Å². The molecular weight excluding hydrogens is 270 g/mol. The lowest BCUT2D eigenvalue weighted by Gasteiger charge is -2.09. The summed E-state index contributed by atoms with van der Waals surface area (Å²) in [6.45, 7) is 1.87. The first-order chi connectivity index (χ1) is 8.45. The van der Waals surface area contributed by atoms with Crippen molar-refractivity contribution in [2.24, 2.45) is 5.73 Å². The summed E-state index contributed by atoms with van der Waals surface area (Å²) < 4.78 is 26.9. The van der Waals surface area contributed by atoms with Crippen LogP contribution in [0.4, 0.5) is 0 Å². The second kappa shape index (κ2) is 7.20. The molecule has 0 bridgehead atoms. The van der Waals surface area contributed by atoms with Crippen LogP contribution in [0.1, 0.15) is 11.3 Å². The van der Waals surface area contributed by atoms with Crippen LogP contribution in [0.3, 0.4) is 0 Å². The highest BCUT2D eigenvalue weighted by atomic mass is 32.2. The summed E-state index contributed by atoms with van der Waals surface area (Å²) in [5, 5.41) is 0. The maximum Gasteiger partial charge on any atom is 0.250 e. The van der Waals surface area contributed by atoms with Gasteiger partial charge in [0.1, 0.15) is 4.21 Å². The highest BCUT2D eigenvalue weighted by molar-refractivity contribution is 7.91. The zero-order valence-corrected chi connectivity index (χ0v) is 12.5. The fourth-order valence-electron chi connectivity index (χ4n) is 1.45. The Kier molecular flexibility index (Phi) is 6.24. The van der Waals surface area contributed by atoms with Crippen LogP contribution in [0.2, 0.25) is 0 Å². The third kappa shape index (κ3) is 5.03. The molecule has 0 radical (unpaired) electrons. The Bertz CT molecular complexity index is 455. The van der Waals surface area contributed by atoms with Gasteiger partial charge in [-0.3, -0.25) is 0 Å². The van der Waals surface area contributed by atoms with Gasteiger partial charge in [-0.15, -0.1) is 11.3 Å². The molecule has 0 spiro atoms. The minimum absolute atomic E-state index is 0.371. The van der Waals surface area contributed by atoms with Crippen molar-refractivity contribution >= 4 is 21.4 Å². The number of hydrogen-bond acceptors (Lipinski definition) is 5. The summed E-state index contributed by atoms with van der Waals surface area (Å²) in [5.74, 6) is 0. The second-order valence-corrected chi connectivity index (χ2v) is 7.48. The summed E-state index contributed by atoms with van der Waals surface area (Å²) in [7, 11) is 0.584. The molecule has 0 unspecified atom stereocenters. The van der Waals surface area contributed by atoms with Gasteiger partial charge in [-0.1, -0.05) is 0 Å². The Balaban J connectivity index is 2.51. The SMILES string of the molecule is CN(C)CCCNS(=O)(=O)c1ccc(CCN)s1. The first kappa shape index (κ1) is 15.6. The van der Waals surface area contributed by atoms with E-state index in [1.807, 2.05) is 25.1 Å². The van der Waals surface area contributed by atoms with Crippen LogP contribution in [0.15, 0.2) is 16.3 Å². The van der Waals surface area contributed by atoms with Crippen LogP contribution in [-0.4, -0.2) is 47.0 Å². The first-order valence-corrected chi connectivity index (χ1v) is 8.19. The van der Waals surface area contributed by atoms with Gasteiger partial charge in [0.05, 0.1) is 0 Å². The van der Waals surface area contributed by atoms with E-state index in [0.29, 0.717) is 17.3 Å². The van der Waals surface area contributed by atoms with Crippen molar-refractivity contribution < 1.29 is 8.42 Å². The molecule has 0 aromatic carbocycles. The molecule has 3 N–H and O–H groups in total. The molecular formula is C11H21N3O2S2. The van der Waals surface area contributed by atoms with Crippen molar-refractivity contribution in [2.75, 3.05) is 33.7 Å². The summed E-state index contributed by atoms with van der Waals surface area (Å²) in [6.07, 6.45) is 1.52. The number of thiophene rings is 1. The molecule has 0 fully saturated rings. The number of sulfonamides is 1. The van der Waals surface area contributed by atoms with Gasteiger partial charge in [-0.25, -0.2) is 13.1 Å². The highest BCUT2D eigenvalue weighted by Crippen LogP contribution is 2.21. The summed E-state index contributed by atoms with van der Waals surface area (Å²) in [5.41, 5.74) is 5.44. The number of rotatable bonds is 8. The molecule has 0 saturated heterocycles. The van der Waals surface area contributed by atoms with Gasteiger partial charge in [0.25, 0.3) is 0 Å². The molecule has 1 rings (SSSR count). The van der Waals surface area contributed by atoms with Crippen molar-refractivity contribution in [2.45, 2.75) is 17.1 Å². The van der Waals surface area contributed by atoms with E-state index in [9.17, 15) is 8.42 Å². The van der Waals surface area contributed by atoms with E-state index < -0.39 is 10.0 Å². The van der Waals surface area contributed by atoms with Crippen molar-refractivity contribution in [3.63, 3.8) is 0 Å². The molecule has 5 nitrogen and oxygen atoms in total. The standard InChI is InChI=1S/C11H21N3O2S2/c1-14(2)9-3-8-13-18(15,16)11-5-4-10(17-11)6-7-12/h4-5,13H,3,6-9,12H2,1-2H3. The molecule has 7 heteroatoms. The van der Waals surface area contributed by atoms with E-state index in [1.54, 1.807) is 6.07 Å². The van der Waals surface area contributed by atoms with Crippen molar-refractivity contribution in [1.82, 2.24) is 9.62 Å². The third-order valence-electron chi connectivity index (χ3n) is 2.37. The van der Waals surface area contributed by atoms with E-state index in [1.165, 1.54) is 11.3 Å². The first-order valence-electron chi connectivity index (χ1n) is 5.89. The summed E-state index contributed by atoms with van der Waals surface area (Å²) in [4.78, 5) is 3.03. The van der Waals surface area contributed by atoms with Gasteiger partial charge in [-0.2, -0.15) is 0 Å². The molecule has 0 aliphatic heterocycles. The molecule has 104 valence electrons. The van der Waals surface area contributed by atoms with Gasteiger partial charge in [-0.05, 0) is 52.2 Å². The lowest BCUT2D eigenvalue weighted by molar-refractivity contribution is 0.400. The lowest BCUT2D eigenvalue weighted by atomic mass is 10.3. The van der Waals surface area contributed by atoms with Crippen molar-refractivity contribution in [3.05, 3.63) is 17.0 Å². The van der Waals surface area contributed by atoms with Crippen LogP contribution in [0, 0.1) is 0 Å². The minimum atomic E-state index is -3.35. The Labute approximate surface area is 113 Å². The molecule has 0 aliphatic carbocycles. The van der Waals surface area contributed by atoms with E-state index in [-0.39, 0.29) is 0 Å². The topological polar surface area (TPSA) is 75.4 Å². The molecule has 1 heterocycles.